The second kappa shape index (κ2) is 7.69. The lowest BCUT2D eigenvalue weighted by atomic mass is 10.2. The summed E-state index contributed by atoms with van der Waals surface area (Å²) in [5, 5.41) is 2.90. The molecule has 0 bridgehead atoms. The van der Waals surface area contributed by atoms with Crippen LogP contribution in [0.4, 0.5) is 0 Å². The molecular weight excluding hydrogens is 284 g/mol. The summed E-state index contributed by atoms with van der Waals surface area (Å²) < 4.78 is 5.05. The van der Waals surface area contributed by atoms with Crippen LogP contribution in [0.2, 0.25) is 0 Å². The number of methoxy groups -OCH3 is 1. The number of amides is 1. The summed E-state index contributed by atoms with van der Waals surface area (Å²) in [6.45, 7) is 2.52. The maximum Gasteiger partial charge on any atom is 0.230 e. The standard InChI is InChI=1S/C16H18N2O2S/c1-12-5-3-4-6-14(12)21-11-15(19)18-10-13-7-8-17-16(9-13)20-2/h3-9H,10-11H2,1-2H3,(H,18,19). The van der Waals surface area contributed by atoms with E-state index >= 15 is 0 Å². The first-order valence-corrected chi connectivity index (χ1v) is 7.61. The summed E-state index contributed by atoms with van der Waals surface area (Å²) in [7, 11) is 1.57. The molecule has 4 nitrogen and oxygen atoms in total. The molecule has 5 heteroatoms. The maximum absolute atomic E-state index is 11.9. The first-order chi connectivity index (χ1) is 10.2. The molecule has 2 rings (SSSR count). The van der Waals surface area contributed by atoms with Gasteiger partial charge in [-0.1, -0.05) is 18.2 Å². The van der Waals surface area contributed by atoms with Gasteiger partial charge in [-0.15, -0.1) is 11.8 Å². The van der Waals surface area contributed by atoms with Gasteiger partial charge in [-0.2, -0.15) is 0 Å². The van der Waals surface area contributed by atoms with Crippen LogP contribution in [-0.2, 0) is 11.3 Å². The number of aromatic nitrogens is 1. The number of pyridine rings is 1. The van der Waals surface area contributed by atoms with E-state index in [1.165, 1.54) is 5.56 Å². The quantitative estimate of drug-likeness (QED) is 0.834. The van der Waals surface area contributed by atoms with Crippen molar-refractivity contribution >= 4 is 17.7 Å². The molecule has 1 aromatic heterocycles. The Kier molecular flexibility index (Phi) is 5.63. The highest BCUT2D eigenvalue weighted by Crippen LogP contribution is 2.21. The van der Waals surface area contributed by atoms with Gasteiger partial charge in [-0.05, 0) is 30.2 Å². The molecular formula is C16H18N2O2S. The van der Waals surface area contributed by atoms with Gasteiger partial charge >= 0.3 is 0 Å². The van der Waals surface area contributed by atoms with Crippen LogP contribution in [0.25, 0.3) is 0 Å². The zero-order chi connectivity index (χ0) is 15.1. The minimum Gasteiger partial charge on any atom is -0.481 e. The van der Waals surface area contributed by atoms with E-state index in [1.807, 2.05) is 43.3 Å². The zero-order valence-electron chi connectivity index (χ0n) is 12.1. The van der Waals surface area contributed by atoms with Crippen LogP contribution in [0.5, 0.6) is 5.88 Å². The van der Waals surface area contributed by atoms with Crippen molar-refractivity contribution in [3.63, 3.8) is 0 Å². The molecule has 0 spiro atoms. The van der Waals surface area contributed by atoms with Crippen molar-refractivity contribution in [1.82, 2.24) is 10.3 Å². The predicted molar refractivity (Wildman–Crippen MR) is 84.5 cm³/mol. The monoisotopic (exact) mass is 302 g/mol. The minimum absolute atomic E-state index is 0.0130. The van der Waals surface area contributed by atoms with E-state index in [0.29, 0.717) is 18.2 Å². The molecule has 0 aliphatic carbocycles. The zero-order valence-corrected chi connectivity index (χ0v) is 12.9. The van der Waals surface area contributed by atoms with Gasteiger partial charge in [0, 0.05) is 23.7 Å². The van der Waals surface area contributed by atoms with Crippen molar-refractivity contribution in [1.29, 1.82) is 0 Å². The fraction of sp³-hybridized carbons (Fsp3) is 0.250. The van der Waals surface area contributed by atoms with Gasteiger partial charge < -0.3 is 10.1 Å². The lowest BCUT2D eigenvalue weighted by Crippen LogP contribution is -2.24. The molecule has 2 aromatic rings. The number of ether oxygens (including phenoxy) is 1. The molecule has 1 N–H and O–H groups in total. The van der Waals surface area contributed by atoms with Gasteiger partial charge in [0.2, 0.25) is 11.8 Å². The molecule has 0 aliphatic heterocycles. The Balaban J connectivity index is 1.81. The highest BCUT2D eigenvalue weighted by Gasteiger charge is 2.05. The second-order valence-corrected chi connectivity index (χ2v) is 5.55. The van der Waals surface area contributed by atoms with Crippen LogP contribution in [-0.4, -0.2) is 23.8 Å². The Morgan fingerprint density at radius 3 is 2.90 bits per heavy atom. The third-order valence-electron chi connectivity index (χ3n) is 2.95. The van der Waals surface area contributed by atoms with Crippen molar-refractivity contribution < 1.29 is 9.53 Å². The van der Waals surface area contributed by atoms with Crippen LogP contribution < -0.4 is 10.1 Å². The SMILES string of the molecule is COc1cc(CNC(=O)CSc2ccccc2C)ccn1. The summed E-state index contributed by atoms with van der Waals surface area (Å²) in [4.78, 5) is 17.0. The van der Waals surface area contributed by atoms with E-state index in [-0.39, 0.29) is 5.91 Å². The van der Waals surface area contributed by atoms with Gasteiger partial charge in [0.25, 0.3) is 0 Å². The van der Waals surface area contributed by atoms with Gasteiger partial charge in [-0.3, -0.25) is 4.79 Å². The number of hydrogen-bond donors (Lipinski definition) is 1. The number of hydrogen-bond acceptors (Lipinski definition) is 4. The molecule has 0 radical (unpaired) electrons. The van der Waals surface area contributed by atoms with Gasteiger partial charge in [0.1, 0.15) is 0 Å². The van der Waals surface area contributed by atoms with E-state index < -0.39 is 0 Å². The normalized spacial score (nSPS) is 10.2. The maximum atomic E-state index is 11.9. The number of nitrogens with zero attached hydrogens (tertiary/aromatic N) is 1. The second-order valence-electron chi connectivity index (χ2n) is 4.54. The van der Waals surface area contributed by atoms with Crippen molar-refractivity contribution in [2.75, 3.05) is 12.9 Å². The summed E-state index contributed by atoms with van der Waals surface area (Å²) in [6, 6.07) is 11.7. The number of rotatable bonds is 6. The molecule has 21 heavy (non-hydrogen) atoms. The van der Waals surface area contributed by atoms with Crippen LogP contribution in [0.15, 0.2) is 47.5 Å². The topological polar surface area (TPSA) is 51.2 Å². The molecule has 1 aromatic carbocycles. The predicted octanol–water partition coefficient (Wildman–Crippen LogP) is 2.81. The molecule has 0 atom stereocenters. The minimum atomic E-state index is 0.0130. The molecule has 1 amide bonds. The van der Waals surface area contributed by atoms with Crippen molar-refractivity contribution in [2.24, 2.45) is 0 Å². The van der Waals surface area contributed by atoms with E-state index in [0.717, 1.165) is 10.5 Å². The first-order valence-electron chi connectivity index (χ1n) is 6.63. The van der Waals surface area contributed by atoms with Crippen LogP contribution in [0.3, 0.4) is 0 Å². The van der Waals surface area contributed by atoms with Gasteiger partial charge in [0.05, 0.1) is 12.9 Å². The molecule has 0 saturated heterocycles. The third kappa shape index (κ3) is 4.79. The molecule has 110 valence electrons. The first kappa shape index (κ1) is 15.4. The number of benzene rings is 1. The molecule has 0 unspecified atom stereocenters. The fourth-order valence-corrected chi connectivity index (χ4v) is 2.64. The highest BCUT2D eigenvalue weighted by atomic mass is 32.2. The third-order valence-corrected chi connectivity index (χ3v) is 4.13. The number of carbonyl (C=O) groups is 1. The molecule has 0 fully saturated rings. The largest absolute Gasteiger partial charge is 0.481 e. The van der Waals surface area contributed by atoms with E-state index in [4.69, 9.17) is 4.74 Å². The van der Waals surface area contributed by atoms with Crippen molar-refractivity contribution in [2.45, 2.75) is 18.4 Å². The lowest BCUT2D eigenvalue weighted by Gasteiger charge is -2.07. The Labute approximate surface area is 128 Å². The number of aryl methyl sites for hydroxylation is 1. The Morgan fingerprint density at radius 2 is 2.14 bits per heavy atom. The van der Waals surface area contributed by atoms with Crippen molar-refractivity contribution in [3.05, 3.63) is 53.7 Å². The van der Waals surface area contributed by atoms with E-state index in [2.05, 4.69) is 10.3 Å². The molecule has 0 aliphatic rings. The summed E-state index contributed by atoms with van der Waals surface area (Å²) in [6.07, 6.45) is 1.67. The highest BCUT2D eigenvalue weighted by molar-refractivity contribution is 8.00. The number of nitrogens with one attached hydrogen (secondary N) is 1. The summed E-state index contributed by atoms with van der Waals surface area (Å²) >= 11 is 1.55. The summed E-state index contributed by atoms with van der Waals surface area (Å²) in [5.41, 5.74) is 2.16. The van der Waals surface area contributed by atoms with E-state index in [9.17, 15) is 4.79 Å². The molecule has 1 heterocycles. The average molecular weight is 302 g/mol. The Hall–Kier alpha value is -2.01. The van der Waals surface area contributed by atoms with Gasteiger partial charge in [-0.25, -0.2) is 4.98 Å². The van der Waals surface area contributed by atoms with E-state index in [1.54, 1.807) is 25.1 Å². The van der Waals surface area contributed by atoms with Crippen LogP contribution in [0.1, 0.15) is 11.1 Å². The van der Waals surface area contributed by atoms with Crippen LogP contribution >= 0.6 is 11.8 Å². The van der Waals surface area contributed by atoms with Gasteiger partial charge in [0.15, 0.2) is 0 Å². The smallest absolute Gasteiger partial charge is 0.230 e. The van der Waals surface area contributed by atoms with Crippen LogP contribution in [0, 0.1) is 6.92 Å². The summed E-state index contributed by atoms with van der Waals surface area (Å²) in [5.74, 6) is 0.975. The Morgan fingerprint density at radius 1 is 1.33 bits per heavy atom. The molecule has 0 saturated carbocycles. The Bertz CT molecular complexity index is 617. The average Bonchev–Trinajstić information content (AvgIpc) is 2.52. The number of carbonyl (C=O) groups excluding carboxylic acids is 1. The fourth-order valence-electron chi connectivity index (χ4n) is 1.79. The van der Waals surface area contributed by atoms with Crippen molar-refractivity contribution in [3.8, 4) is 5.88 Å². The lowest BCUT2D eigenvalue weighted by molar-refractivity contribution is -0.118. The number of thioether (sulfide) groups is 1.